The fraction of sp³-hybridized carbons (Fsp3) is 0.688. The average Bonchev–Trinajstić information content (AvgIpc) is 2.99. The number of anilines is 1. The molecule has 0 aromatic carbocycles. The van der Waals surface area contributed by atoms with Gasteiger partial charge in [-0.1, -0.05) is 25.2 Å². The molecule has 2 unspecified atom stereocenters. The first-order valence-electron chi connectivity index (χ1n) is 8.12. The van der Waals surface area contributed by atoms with Gasteiger partial charge in [0.2, 0.25) is 5.95 Å². The smallest absolute Gasteiger partial charge is 0.311 e. The van der Waals surface area contributed by atoms with Gasteiger partial charge in [0.15, 0.2) is 5.65 Å². The van der Waals surface area contributed by atoms with E-state index in [1.165, 1.54) is 4.57 Å². The molecule has 0 spiro atoms. The molecule has 0 bridgehead atoms. The van der Waals surface area contributed by atoms with E-state index in [4.69, 9.17) is 10.5 Å². The molecule has 3 N–H and O–H groups in total. The van der Waals surface area contributed by atoms with Gasteiger partial charge in [-0.05, 0) is 33.1 Å². The molecular weight excluding hydrogens is 328 g/mol. The molecule has 0 radical (unpaired) electrons. The topological polar surface area (TPSA) is 103 Å². The van der Waals surface area contributed by atoms with Crippen molar-refractivity contribution >= 4 is 27.6 Å². The van der Waals surface area contributed by atoms with Crippen LogP contribution in [0.5, 0.6) is 0 Å². The Hall–Kier alpha value is -1.51. The Morgan fingerprint density at radius 2 is 2.08 bits per heavy atom. The number of hydrogen-bond acceptors (Lipinski definition) is 7. The number of aromatic nitrogens is 3. The second kappa shape index (κ2) is 5.79. The number of thiazole rings is 1. The van der Waals surface area contributed by atoms with E-state index in [0.29, 0.717) is 28.4 Å². The highest BCUT2D eigenvalue weighted by Crippen LogP contribution is 2.43. The molecule has 1 aliphatic heterocycles. The summed E-state index contributed by atoms with van der Waals surface area (Å²) in [5, 5.41) is 10.6. The predicted molar refractivity (Wildman–Crippen MR) is 94.0 cm³/mol. The minimum atomic E-state index is -0.977. The van der Waals surface area contributed by atoms with Crippen molar-refractivity contribution in [3.05, 3.63) is 15.4 Å². The lowest BCUT2D eigenvalue weighted by atomic mass is 9.85. The second-order valence-corrected chi connectivity index (χ2v) is 8.32. The molecule has 0 amide bonds. The zero-order chi connectivity index (χ0) is 17.8. The van der Waals surface area contributed by atoms with Crippen molar-refractivity contribution in [2.24, 2.45) is 11.8 Å². The lowest BCUT2D eigenvalue weighted by Crippen LogP contribution is -2.37. The van der Waals surface area contributed by atoms with E-state index in [2.05, 4.69) is 23.8 Å². The first-order valence-corrected chi connectivity index (χ1v) is 8.94. The molecule has 1 saturated heterocycles. The lowest BCUT2D eigenvalue weighted by Gasteiger charge is -2.29. The third-order valence-corrected chi connectivity index (χ3v) is 5.75. The van der Waals surface area contributed by atoms with E-state index in [1.54, 1.807) is 20.8 Å². The Kier molecular flexibility index (Phi) is 4.17. The molecule has 3 heterocycles. The molecule has 8 heteroatoms. The van der Waals surface area contributed by atoms with Crippen LogP contribution in [0.2, 0.25) is 0 Å². The Bertz CT molecular complexity index is 821. The lowest BCUT2D eigenvalue weighted by molar-refractivity contribution is -0.0719. The number of hydrogen-bond donors (Lipinski definition) is 2. The first-order chi connectivity index (χ1) is 11.1. The first kappa shape index (κ1) is 17.3. The normalized spacial score (nSPS) is 25.0. The second-order valence-electron chi connectivity index (χ2n) is 7.36. The number of nitrogen functional groups attached to an aromatic ring is 1. The van der Waals surface area contributed by atoms with Gasteiger partial charge in [-0.25, -0.2) is 4.98 Å². The molecule has 1 fully saturated rings. The van der Waals surface area contributed by atoms with Crippen LogP contribution in [0.3, 0.4) is 0 Å². The summed E-state index contributed by atoms with van der Waals surface area (Å²) in [7, 11) is 0. The van der Waals surface area contributed by atoms with Gasteiger partial charge >= 0.3 is 4.87 Å². The highest BCUT2D eigenvalue weighted by atomic mass is 32.1. The largest absolute Gasteiger partial charge is 0.390 e. The molecule has 1 aliphatic rings. The maximum atomic E-state index is 12.6. The van der Waals surface area contributed by atoms with Crippen molar-refractivity contribution in [1.82, 2.24) is 14.5 Å². The standard InChI is InChI=1S/C16H24N4O3S/c1-7(2)10-6-9(16(4,5)22)13(23-10)20-12-11(24-15(20)21)8(3)18-14(17)19-12/h7,9-10,13,22H,6H2,1-5H3,(H2,17,18,19)/t9?,10-,13?/m0/s1. The molecule has 2 aromatic rings. The zero-order valence-electron chi connectivity index (χ0n) is 14.6. The third kappa shape index (κ3) is 2.82. The molecule has 3 rings (SSSR count). The number of aryl methyl sites for hydroxylation is 1. The van der Waals surface area contributed by atoms with Gasteiger partial charge in [-0.3, -0.25) is 9.36 Å². The predicted octanol–water partition coefficient (Wildman–Crippen LogP) is 2.07. The van der Waals surface area contributed by atoms with Gasteiger partial charge in [0, 0.05) is 5.92 Å². The minimum absolute atomic E-state index is 0.0199. The van der Waals surface area contributed by atoms with Crippen LogP contribution in [-0.4, -0.2) is 31.3 Å². The monoisotopic (exact) mass is 352 g/mol. The summed E-state index contributed by atoms with van der Waals surface area (Å²) in [5.41, 5.74) is 5.96. The molecule has 3 atom stereocenters. The van der Waals surface area contributed by atoms with Crippen molar-refractivity contribution in [3.8, 4) is 0 Å². The number of rotatable bonds is 3. The Balaban J connectivity index is 2.18. The highest BCUT2D eigenvalue weighted by molar-refractivity contribution is 7.16. The van der Waals surface area contributed by atoms with E-state index in [9.17, 15) is 9.90 Å². The van der Waals surface area contributed by atoms with Crippen LogP contribution in [0, 0.1) is 18.8 Å². The average molecular weight is 352 g/mol. The quantitative estimate of drug-likeness (QED) is 0.876. The summed E-state index contributed by atoms with van der Waals surface area (Å²) in [6, 6.07) is 0. The van der Waals surface area contributed by atoms with Gasteiger partial charge < -0.3 is 15.6 Å². The molecular formula is C16H24N4O3S. The van der Waals surface area contributed by atoms with Crippen molar-refractivity contribution in [2.45, 2.75) is 59.0 Å². The molecule has 7 nitrogen and oxygen atoms in total. The summed E-state index contributed by atoms with van der Waals surface area (Å²) in [5.74, 6) is 0.212. The number of aliphatic hydroxyl groups is 1. The van der Waals surface area contributed by atoms with Crippen LogP contribution in [0.15, 0.2) is 4.79 Å². The number of nitrogens with two attached hydrogens (primary N) is 1. The molecule has 132 valence electrons. The van der Waals surface area contributed by atoms with Crippen molar-refractivity contribution in [1.29, 1.82) is 0 Å². The fourth-order valence-corrected chi connectivity index (χ4v) is 4.19. The molecule has 2 aromatic heterocycles. The third-order valence-electron chi connectivity index (χ3n) is 4.70. The Labute approximate surface area is 144 Å². The summed E-state index contributed by atoms with van der Waals surface area (Å²) in [6.45, 7) is 9.47. The van der Waals surface area contributed by atoms with E-state index < -0.39 is 11.8 Å². The number of nitrogens with zero attached hydrogens (tertiary/aromatic N) is 3. The van der Waals surface area contributed by atoms with Crippen LogP contribution >= 0.6 is 11.3 Å². The van der Waals surface area contributed by atoms with Crippen LogP contribution < -0.4 is 10.6 Å². The zero-order valence-corrected chi connectivity index (χ0v) is 15.4. The number of fused-ring (bicyclic) bond motifs is 1. The van der Waals surface area contributed by atoms with Crippen LogP contribution in [-0.2, 0) is 4.74 Å². The van der Waals surface area contributed by atoms with Crippen LogP contribution in [0.1, 0.15) is 46.0 Å². The SMILES string of the molecule is Cc1nc(N)nc2c1sc(=O)n2C1O[C@H](C(C)C)CC1C(C)(C)O. The Morgan fingerprint density at radius 3 is 2.67 bits per heavy atom. The van der Waals surface area contributed by atoms with E-state index in [-0.39, 0.29) is 22.8 Å². The number of ether oxygens (including phenoxy) is 1. The Morgan fingerprint density at radius 1 is 1.42 bits per heavy atom. The van der Waals surface area contributed by atoms with Gasteiger partial charge in [-0.2, -0.15) is 4.98 Å². The van der Waals surface area contributed by atoms with Crippen LogP contribution in [0.25, 0.3) is 10.3 Å². The summed E-state index contributed by atoms with van der Waals surface area (Å²) in [6.07, 6.45) is 0.107. The van der Waals surface area contributed by atoms with Crippen molar-refractivity contribution in [2.75, 3.05) is 5.73 Å². The maximum Gasteiger partial charge on any atom is 0.311 e. The van der Waals surface area contributed by atoms with Gasteiger partial charge in [-0.15, -0.1) is 0 Å². The summed E-state index contributed by atoms with van der Waals surface area (Å²) in [4.78, 5) is 20.9. The summed E-state index contributed by atoms with van der Waals surface area (Å²) < 4.78 is 8.43. The van der Waals surface area contributed by atoms with Crippen molar-refractivity contribution in [3.63, 3.8) is 0 Å². The minimum Gasteiger partial charge on any atom is -0.390 e. The van der Waals surface area contributed by atoms with Crippen molar-refractivity contribution < 1.29 is 9.84 Å². The van der Waals surface area contributed by atoms with Gasteiger partial charge in [0.05, 0.1) is 22.1 Å². The van der Waals surface area contributed by atoms with Gasteiger partial charge in [0.1, 0.15) is 6.23 Å². The molecule has 0 aliphatic carbocycles. The van der Waals surface area contributed by atoms with E-state index in [1.807, 2.05) is 0 Å². The molecule has 24 heavy (non-hydrogen) atoms. The van der Waals surface area contributed by atoms with Gasteiger partial charge in [0.25, 0.3) is 0 Å². The maximum absolute atomic E-state index is 12.6. The fourth-order valence-electron chi connectivity index (χ4n) is 3.30. The van der Waals surface area contributed by atoms with Crippen LogP contribution in [0.4, 0.5) is 5.95 Å². The van der Waals surface area contributed by atoms with E-state index in [0.717, 1.165) is 11.3 Å². The molecule has 0 saturated carbocycles. The van der Waals surface area contributed by atoms with E-state index >= 15 is 0 Å². The summed E-state index contributed by atoms with van der Waals surface area (Å²) >= 11 is 1.09. The highest BCUT2D eigenvalue weighted by Gasteiger charge is 2.46.